The van der Waals surface area contributed by atoms with Crippen molar-refractivity contribution in [3.8, 4) is 17.2 Å². The maximum Gasteiger partial charge on any atom is 0.271 e. The SMILES string of the molecule is Cc1cc(C(=O)NNC(=O)c2ccc(S(C)(=O)=O)cc2)c(C)n1-c1ccc2c(c1)OCCO2. The third-order valence-corrected chi connectivity index (χ3v) is 6.42. The summed E-state index contributed by atoms with van der Waals surface area (Å²) in [5.74, 6) is 0.279. The van der Waals surface area contributed by atoms with E-state index in [9.17, 15) is 18.0 Å². The molecule has 0 fully saturated rings. The number of amides is 2. The van der Waals surface area contributed by atoms with Crippen LogP contribution in [0.25, 0.3) is 5.69 Å². The Kier molecular flexibility index (Phi) is 5.86. The first kappa shape index (κ1) is 22.4. The van der Waals surface area contributed by atoms with Crippen molar-refractivity contribution in [3.63, 3.8) is 0 Å². The van der Waals surface area contributed by atoms with Crippen molar-refractivity contribution < 1.29 is 27.5 Å². The standard InChI is InChI=1S/C23H23N3O6S/c1-14-12-19(15(2)26(14)17-6-9-20-21(13-17)32-11-10-31-20)23(28)25-24-22(27)16-4-7-18(8-5-16)33(3,29)30/h4-9,12-13H,10-11H2,1-3H3,(H,24,27)(H,25,28). The van der Waals surface area contributed by atoms with Crippen LogP contribution in [0.3, 0.4) is 0 Å². The van der Waals surface area contributed by atoms with E-state index in [1.54, 1.807) is 6.07 Å². The van der Waals surface area contributed by atoms with Crippen molar-refractivity contribution in [2.45, 2.75) is 18.7 Å². The predicted molar refractivity (Wildman–Crippen MR) is 121 cm³/mol. The minimum Gasteiger partial charge on any atom is -0.486 e. The zero-order chi connectivity index (χ0) is 23.8. The molecule has 33 heavy (non-hydrogen) atoms. The third-order valence-electron chi connectivity index (χ3n) is 5.29. The molecule has 2 amide bonds. The number of benzene rings is 2. The van der Waals surface area contributed by atoms with Crippen LogP contribution in [0.5, 0.6) is 11.5 Å². The Morgan fingerprint density at radius 2 is 1.52 bits per heavy atom. The number of hydrogen-bond acceptors (Lipinski definition) is 6. The maximum atomic E-state index is 12.8. The normalized spacial score (nSPS) is 12.8. The number of aromatic nitrogens is 1. The molecule has 1 aliphatic heterocycles. The summed E-state index contributed by atoms with van der Waals surface area (Å²) in [4.78, 5) is 25.2. The predicted octanol–water partition coefficient (Wildman–Crippen LogP) is 2.34. The average Bonchev–Trinajstić information content (AvgIpc) is 3.10. The second-order valence-corrected chi connectivity index (χ2v) is 9.67. The van der Waals surface area contributed by atoms with Gasteiger partial charge in [0.1, 0.15) is 13.2 Å². The zero-order valence-electron chi connectivity index (χ0n) is 18.3. The molecule has 10 heteroatoms. The molecule has 2 aromatic carbocycles. The van der Waals surface area contributed by atoms with Gasteiger partial charge in [-0.05, 0) is 56.3 Å². The molecule has 2 N–H and O–H groups in total. The summed E-state index contributed by atoms with van der Waals surface area (Å²) in [5.41, 5.74) is 7.72. The second-order valence-electron chi connectivity index (χ2n) is 7.65. The average molecular weight is 470 g/mol. The molecule has 0 unspecified atom stereocenters. The van der Waals surface area contributed by atoms with Gasteiger partial charge in [-0.15, -0.1) is 0 Å². The molecule has 0 bridgehead atoms. The van der Waals surface area contributed by atoms with Crippen LogP contribution in [0.1, 0.15) is 32.1 Å². The van der Waals surface area contributed by atoms with E-state index >= 15 is 0 Å². The number of carbonyl (C=O) groups excluding carboxylic acids is 2. The van der Waals surface area contributed by atoms with Crippen LogP contribution < -0.4 is 20.3 Å². The van der Waals surface area contributed by atoms with Crippen LogP contribution in [0.4, 0.5) is 0 Å². The number of fused-ring (bicyclic) bond motifs is 1. The molecule has 0 atom stereocenters. The summed E-state index contributed by atoms with van der Waals surface area (Å²) >= 11 is 0. The fourth-order valence-corrected chi connectivity index (χ4v) is 4.30. The van der Waals surface area contributed by atoms with Crippen molar-refractivity contribution in [2.24, 2.45) is 0 Å². The third kappa shape index (κ3) is 4.56. The van der Waals surface area contributed by atoms with Crippen molar-refractivity contribution in [1.82, 2.24) is 15.4 Å². The number of hydrogen-bond donors (Lipinski definition) is 2. The summed E-state index contributed by atoms with van der Waals surface area (Å²) in [6.07, 6.45) is 1.09. The van der Waals surface area contributed by atoms with Gasteiger partial charge in [0.25, 0.3) is 11.8 Å². The minimum absolute atomic E-state index is 0.106. The van der Waals surface area contributed by atoms with E-state index in [0.29, 0.717) is 36.0 Å². The molecule has 1 aromatic heterocycles. The van der Waals surface area contributed by atoms with E-state index in [1.807, 2.05) is 36.6 Å². The number of ether oxygens (including phenoxy) is 2. The molecular weight excluding hydrogens is 446 g/mol. The number of nitrogens with zero attached hydrogens (tertiary/aromatic N) is 1. The van der Waals surface area contributed by atoms with E-state index in [1.165, 1.54) is 24.3 Å². The Morgan fingerprint density at radius 1 is 0.879 bits per heavy atom. The van der Waals surface area contributed by atoms with E-state index < -0.39 is 21.7 Å². The lowest BCUT2D eigenvalue weighted by Crippen LogP contribution is -2.41. The highest BCUT2D eigenvalue weighted by Gasteiger charge is 2.20. The summed E-state index contributed by atoms with van der Waals surface area (Å²) in [6.45, 7) is 4.67. The molecule has 0 saturated carbocycles. The lowest BCUT2D eigenvalue weighted by Gasteiger charge is -2.20. The van der Waals surface area contributed by atoms with Crippen molar-refractivity contribution in [2.75, 3.05) is 19.5 Å². The molecule has 1 aliphatic rings. The maximum absolute atomic E-state index is 12.8. The smallest absolute Gasteiger partial charge is 0.271 e. The summed E-state index contributed by atoms with van der Waals surface area (Å²) in [6, 6.07) is 12.7. The Balaban J connectivity index is 1.49. The molecule has 0 radical (unpaired) electrons. The van der Waals surface area contributed by atoms with Crippen LogP contribution >= 0.6 is 0 Å². The Morgan fingerprint density at radius 3 is 2.18 bits per heavy atom. The molecule has 0 spiro atoms. The van der Waals surface area contributed by atoms with Crippen LogP contribution in [-0.4, -0.2) is 44.3 Å². The topological polar surface area (TPSA) is 116 Å². The van der Waals surface area contributed by atoms with Gasteiger partial charge in [-0.3, -0.25) is 20.4 Å². The molecular formula is C23H23N3O6S. The van der Waals surface area contributed by atoms with Crippen molar-refractivity contribution in [3.05, 3.63) is 71.0 Å². The van der Waals surface area contributed by atoms with Gasteiger partial charge in [-0.1, -0.05) is 0 Å². The van der Waals surface area contributed by atoms with Crippen LogP contribution in [0.2, 0.25) is 0 Å². The summed E-state index contributed by atoms with van der Waals surface area (Å²) < 4.78 is 36.2. The number of nitrogens with one attached hydrogen (secondary N) is 2. The quantitative estimate of drug-likeness (QED) is 0.567. The van der Waals surface area contributed by atoms with E-state index in [0.717, 1.165) is 17.6 Å². The fourth-order valence-electron chi connectivity index (χ4n) is 3.67. The van der Waals surface area contributed by atoms with Gasteiger partial charge in [0.15, 0.2) is 21.3 Å². The highest BCUT2D eigenvalue weighted by atomic mass is 32.2. The Hall–Kier alpha value is -3.79. The van der Waals surface area contributed by atoms with Gasteiger partial charge in [-0.25, -0.2) is 8.42 Å². The summed E-state index contributed by atoms with van der Waals surface area (Å²) in [7, 11) is -3.36. The van der Waals surface area contributed by atoms with Gasteiger partial charge in [0, 0.05) is 35.0 Å². The molecule has 9 nitrogen and oxygen atoms in total. The van der Waals surface area contributed by atoms with Crippen LogP contribution in [0.15, 0.2) is 53.4 Å². The Labute approximate surface area is 191 Å². The molecule has 2 heterocycles. The number of rotatable bonds is 4. The van der Waals surface area contributed by atoms with Crippen LogP contribution in [0, 0.1) is 13.8 Å². The van der Waals surface area contributed by atoms with Crippen molar-refractivity contribution >= 4 is 21.7 Å². The fraction of sp³-hybridized carbons (Fsp3) is 0.217. The lowest BCUT2D eigenvalue weighted by atomic mass is 10.2. The summed E-state index contributed by atoms with van der Waals surface area (Å²) in [5, 5.41) is 0. The van der Waals surface area contributed by atoms with E-state index in [-0.39, 0.29) is 10.5 Å². The van der Waals surface area contributed by atoms with Gasteiger partial charge in [0.2, 0.25) is 0 Å². The molecule has 0 saturated heterocycles. The highest BCUT2D eigenvalue weighted by molar-refractivity contribution is 7.90. The molecule has 172 valence electrons. The Bertz CT molecular complexity index is 1340. The monoisotopic (exact) mass is 469 g/mol. The molecule has 0 aliphatic carbocycles. The number of aryl methyl sites for hydroxylation is 1. The van der Waals surface area contributed by atoms with E-state index in [2.05, 4.69) is 10.9 Å². The first-order chi connectivity index (χ1) is 15.6. The van der Waals surface area contributed by atoms with Gasteiger partial charge in [0.05, 0.1) is 10.5 Å². The van der Waals surface area contributed by atoms with Gasteiger partial charge < -0.3 is 14.0 Å². The highest BCUT2D eigenvalue weighted by Crippen LogP contribution is 2.33. The minimum atomic E-state index is -3.36. The van der Waals surface area contributed by atoms with Crippen molar-refractivity contribution in [1.29, 1.82) is 0 Å². The van der Waals surface area contributed by atoms with E-state index in [4.69, 9.17) is 9.47 Å². The van der Waals surface area contributed by atoms with Gasteiger partial charge in [-0.2, -0.15) is 0 Å². The molecule has 3 aromatic rings. The van der Waals surface area contributed by atoms with Gasteiger partial charge >= 0.3 is 0 Å². The van der Waals surface area contributed by atoms with Crippen LogP contribution in [-0.2, 0) is 9.84 Å². The number of hydrazine groups is 1. The largest absolute Gasteiger partial charge is 0.486 e. The lowest BCUT2D eigenvalue weighted by molar-refractivity contribution is 0.0846. The number of carbonyl (C=O) groups is 2. The second kappa shape index (κ2) is 8.62. The molecule has 4 rings (SSSR count). The number of sulfone groups is 1. The first-order valence-corrected chi connectivity index (χ1v) is 12.0. The first-order valence-electron chi connectivity index (χ1n) is 10.1. The zero-order valence-corrected chi connectivity index (χ0v) is 19.2.